The molecule has 2 fully saturated rings. The number of β-lactam (4-membered cyclic amide) rings is 1. The number of carbonyl (C=O) groups excluding carboxylic acids is 3. The molecule has 0 saturated carbocycles. The molecule has 0 radical (unpaired) electrons. The first-order valence-electron chi connectivity index (χ1n) is 8.91. The lowest BCUT2D eigenvalue weighted by Gasteiger charge is -2.46. The predicted molar refractivity (Wildman–Crippen MR) is 101 cm³/mol. The normalized spacial score (nSPS) is 26.1. The van der Waals surface area contributed by atoms with E-state index in [1.54, 1.807) is 23.6 Å². The quantitative estimate of drug-likeness (QED) is 0.585. The van der Waals surface area contributed by atoms with Gasteiger partial charge in [-0.1, -0.05) is 51.1 Å². The summed E-state index contributed by atoms with van der Waals surface area (Å²) in [6.45, 7) is 7.40. The van der Waals surface area contributed by atoms with E-state index >= 15 is 0 Å². The highest BCUT2D eigenvalue weighted by Gasteiger charge is 2.59. The Balaban J connectivity index is 1.59. The van der Waals surface area contributed by atoms with Gasteiger partial charge in [-0.2, -0.15) is 0 Å². The molecule has 140 valence electrons. The topological polar surface area (TPSA) is 63.7 Å². The van der Waals surface area contributed by atoms with Crippen LogP contribution in [0, 0.1) is 11.3 Å². The Hall–Kier alpha value is -1.82. The van der Waals surface area contributed by atoms with Gasteiger partial charge in [0.25, 0.3) is 0 Å². The molecule has 3 rings (SSSR count). The fraction of sp³-hybridized carbons (Fsp3) is 0.550. The molecule has 1 aromatic rings. The molecule has 1 aromatic carbocycles. The highest BCUT2D eigenvalue weighted by Crippen LogP contribution is 2.46. The minimum absolute atomic E-state index is 0.0710. The summed E-state index contributed by atoms with van der Waals surface area (Å²) >= 11 is 1.61. The highest BCUT2D eigenvalue weighted by atomic mass is 32.2. The summed E-state index contributed by atoms with van der Waals surface area (Å²) in [5, 5.41) is -0.0710. The van der Waals surface area contributed by atoms with Gasteiger partial charge >= 0.3 is 5.97 Å². The fourth-order valence-corrected chi connectivity index (χ4v) is 5.16. The van der Waals surface area contributed by atoms with E-state index in [1.165, 1.54) is 0 Å². The van der Waals surface area contributed by atoms with Gasteiger partial charge in [-0.15, -0.1) is 11.8 Å². The van der Waals surface area contributed by atoms with Crippen LogP contribution in [0.15, 0.2) is 30.3 Å². The summed E-state index contributed by atoms with van der Waals surface area (Å²) in [4.78, 5) is 39.0. The van der Waals surface area contributed by atoms with Gasteiger partial charge in [-0.05, 0) is 12.5 Å². The molecule has 2 unspecified atom stereocenters. The molecule has 0 N–H and O–H groups in total. The number of thioether (sulfide) groups is 1. The maximum absolute atomic E-state index is 12.6. The molecular formula is C20H25NO4S. The first kappa shape index (κ1) is 19.0. The number of amides is 1. The number of carbonyl (C=O) groups is 3. The molecule has 0 aliphatic carbocycles. The van der Waals surface area contributed by atoms with Crippen molar-refractivity contribution in [3.05, 3.63) is 35.9 Å². The third-order valence-corrected chi connectivity index (χ3v) is 6.31. The molecule has 4 atom stereocenters. The van der Waals surface area contributed by atoms with Gasteiger partial charge < -0.3 is 9.64 Å². The maximum atomic E-state index is 12.6. The first-order valence-corrected chi connectivity index (χ1v) is 9.96. The van der Waals surface area contributed by atoms with Crippen LogP contribution >= 0.6 is 11.8 Å². The Kier molecular flexibility index (Phi) is 5.15. The minimum atomic E-state index is -0.490. The van der Waals surface area contributed by atoms with Crippen molar-refractivity contribution in [1.82, 2.24) is 4.90 Å². The van der Waals surface area contributed by atoms with Gasteiger partial charge in [0, 0.05) is 11.2 Å². The second-order valence-corrected chi connectivity index (χ2v) is 9.13. The van der Waals surface area contributed by atoms with Crippen LogP contribution in [0.2, 0.25) is 0 Å². The lowest BCUT2D eigenvalue weighted by molar-refractivity contribution is -0.170. The van der Waals surface area contributed by atoms with Gasteiger partial charge in [0.2, 0.25) is 5.91 Å². The molecule has 6 heteroatoms. The van der Waals surface area contributed by atoms with Crippen LogP contribution in [0.3, 0.4) is 0 Å². The van der Waals surface area contributed by atoms with E-state index in [1.807, 2.05) is 51.1 Å². The van der Waals surface area contributed by atoms with Crippen molar-refractivity contribution in [3.63, 3.8) is 0 Å². The van der Waals surface area contributed by atoms with E-state index in [0.717, 1.165) is 5.56 Å². The number of ketones is 1. The van der Waals surface area contributed by atoms with Crippen molar-refractivity contribution < 1.29 is 19.1 Å². The Morgan fingerprint density at radius 2 is 1.92 bits per heavy atom. The number of hydrogen-bond donors (Lipinski definition) is 0. The molecule has 0 aromatic heterocycles. The molecule has 2 heterocycles. The lowest BCUT2D eigenvalue weighted by Crippen LogP contribution is -2.65. The molecule has 0 bridgehead atoms. The number of benzene rings is 1. The van der Waals surface area contributed by atoms with Crippen LogP contribution in [-0.2, 0) is 25.5 Å². The van der Waals surface area contributed by atoms with Crippen molar-refractivity contribution in [2.75, 3.05) is 5.75 Å². The van der Waals surface area contributed by atoms with E-state index in [9.17, 15) is 14.4 Å². The van der Waals surface area contributed by atoms with Crippen molar-refractivity contribution in [2.24, 2.45) is 11.3 Å². The lowest BCUT2D eigenvalue weighted by atomic mass is 9.83. The fourth-order valence-electron chi connectivity index (χ4n) is 3.51. The summed E-state index contributed by atoms with van der Waals surface area (Å²) in [6.07, 6.45) is -0.297. The summed E-state index contributed by atoms with van der Waals surface area (Å²) < 4.78 is 5.52. The largest absolute Gasteiger partial charge is 0.461 e. The molecule has 1 amide bonds. The van der Waals surface area contributed by atoms with Crippen LogP contribution in [0.4, 0.5) is 0 Å². The standard InChI is InChI=1S/C20H25NO4S/c1-12(25-15(22)10-13-8-6-5-7-9-13)16-18(24)21-14(11-26-19(16)21)17(23)20(2,3)4/h5-9,12,14,16,19H,10-11H2,1-4H3/t12?,14?,16-,19-/m0/s1. The second-order valence-electron chi connectivity index (χ2n) is 7.98. The Bertz CT molecular complexity index is 712. The average Bonchev–Trinajstić information content (AvgIpc) is 2.93. The van der Waals surface area contributed by atoms with E-state index < -0.39 is 11.5 Å². The number of hydrogen-bond acceptors (Lipinski definition) is 5. The van der Waals surface area contributed by atoms with Gasteiger partial charge in [0.05, 0.1) is 11.8 Å². The second kappa shape index (κ2) is 7.06. The van der Waals surface area contributed by atoms with E-state index in [-0.39, 0.29) is 41.4 Å². The van der Waals surface area contributed by atoms with Gasteiger partial charge in [-0.25, -0.2) is 0 Å². The summed E-state index contributed by atoms with van der Waals surface area (Å²) in [5.74, 6) is -0.0679. The van der Waals surface area contributed by atoms with E-state index in [4.69, 9.17) is 4.74 Å². The zero-order valence-electron chi connectivity index (χ0n) is 15.6. The molecule has 5 nitrogen and oxygen atoms in total. The minimum Gasteiger partial charge on any atom is -0.461 e. The molecule has 2 saturated heterocycles. The third kappa shape index (κ3) is 3.52. The molecule has 2 aliphatic rings. The van der Waals surface area contributed by atoms with Gasteiger partial charge in [0.15, 0.2) is 5.78 Å². The number of Topliss-reactive ketones (excluding diaryl/α,β-unsaturated/α-hetero) is 1. The Morgan fingerprint density at radius 3 is 2.54 bits per heavy atom. The Morgan fingerprint density at radius 1 is 1.27 bits per heavy atom. The average molecular weight is 375 g/mol. The van der Waals surface area contributed by atoms with Gasteiger partial charge in [0.1, 0.15) is 18.1 Å². The maximum Gasteiger partial charge on any atom is 0.310 e. The summed E-state index contributed by atoms with van der Waals surface area (Å²) in [7, 11) is 0. The zero-order chi connectivity index (χ0) is 19.1. The third-order valence-electron chi connectivity index (χ3n) is 4.94. The van der Waals surface area contributed by atoms with Crippen molar-refractivity contribution in [1.29, 1.82) is 0 Å². The number of ether oxygens (including phenoxy) is 1. The van der Waals surface area contributed by atoms with Crippen LogP contribution in [0.25, 0.3) is 0 Å². The number of esters is 1. The monoisotopic (exact) mass is 375 g/mol. The van der Waals surface area contributed by atoms with Crippen LogP contribution < -0.4 is 0 Å². The number of nitrogens with zero attached hydrogens (tertiary/aromatic N) is 1. The van der Waals surface area contributed by atoms with Crippen LogP contribution in [-0.4, -0.2) is 45.8 Å². The SMILES string of the molecule is CC(OC(=O)Cc1ccccc1)[C@H]1C(=O)N2C(C(=O)C(C)(C)C)CS[C@@H]12. The first-order chi connectivity index (χ1) is 12.2. The molecule has 0 spiro atoms. The zero-order valence-corrected chi connectivity index (χ0v) is 16.4. The predicted octanol–water partition coefficient (Wildman–Crippen LogP) is 2.68. The molecular weight excluding hydrogens is 350 g/mol. The molecule has 26 heavy (non-hydrogen) atoms. The van der Waals surface area contributed by atoms with Crippen molar-refractivity contribution in [3.8, 4) is 0 Å². The van der Waals surface area contributed by atoms with Crippen LogP contribution in [0.5, 0.6) is 0 Å². The van der Waals surface area contributed by atoms with Gasteiger partial charge in [-0.3, -0.25) is 14.4 Å². The highest BCUT2D eigenvalue weighted by molar-refractivity contribution is 8.00. The number of rotatable bonds is 5. The number of fused-ring (bicyclic) bond motifs is 1. The van der Waals surface area contributed by atoms with Crippen LogP contribution in [0.1, 0.15) is 33.3 Å². The Labute approximate surface area is 158 Å². The van der Waals surface area contributed by atoms with E-state index in [2.05, 4.69) is 0 Å². The van der Waals surface area contributed by atoms with E-state index in [0.29, 0.717) is 5.75 Å². The van der Waals surface area contributed by atoms with Crippen molar-refractivity contribution >= 4 is 29.4 Å². The molecule has 2 aliphatic heterocycles. The smallest absolute Gasteiger partial charge is 0.310 e. The summed E-state index contributed by atoms with van der Waals surface area (Å²) in [6, 6.07) is 9.03. The summed E-state index contributed by atoms with van der Waals surface area (Å²) in [5.41, 5.74) is 0.413. The van der Waals surface area contributed by atoms with Crippen molar-refractivity contribution in [2.45, 2.75) is 51.6 Å².